The van der Waals surface area contributed by atoms with Crippen LogP contribution < -0.4 is 19.8 Å². The minimum atomic E-state index is -0.663. The molecule has 1 aliphatic rings. The molecule has 0 saturated carbocycles. The number of nitrogens with zero attached hydrogens (tertiary/aromatic N) is 3. The van der Waals surface area contributed by atoms with E-state index in [9.17, 15) is 9.59 Å². The van der Waals surface area contributed by atoms with Gasteiger partial charge in [0, 0.05) is 24.3 Å². The van der Waals surface area contributed by atoms with E-state index < -0.39 is 12.0 Å². The van der Waals surface area contributed by atoms with Crippen LogP contribution in [-0.2, 0) is 9.53 Å². The van der Waals surface area contributed by atoms with Crippen LogP contribution in [0.4, 0.5) is 5.69 Å². The Labute approximate surface area is 231 Å². The maximum Gasteiger partial charge on any atom is 0.338 e. The molecule has 1 aromatic heterocycles. The molecule has 0 radical (unpaired) electrons. The maximum atomic E-state index is 13.9. The van der Waals surface area contributed by atoms with Crippen LogP contribution in [0.2, 0.25) is 0 Å². The van der Waals surface area contributed by atoms with Crippen molar-refractivity contribution in [3.63, 3.8) is 0 Å². The van der Waals surface area contributed by atoms with Crippen molar-refractivity contribution in [3.8, 4) is 0 Å². The van der Waals surface area contributed by atoms with E-state index in [1.165, 1.54) is 11.3 Å². The van der Waals surface area contributed by atoms with Gasteiger partial charge >= 0.3 is 5.97 Å². The number of thiazole rings is 1. The molecule has 0 unspecified atom stereocenters. The molecule has 198 valence electrons. The highest BCUT2D eigenvalue weighted by Crippen LogP contribution is 2.35. The van der Waals surface area contributed by atoms with Gasteiger partial charge in [0.15, 0.2) is 4.80 Å². The smallest absolute Gasteiger partial charge is 0.338 e. The van der Waals surface area contributed by atoms with Gasteiger partial charge in [0.05, 0.1) is 28.5 Å². The fraction of sp³-hybridized carbons (Fsp3) is 0.219. The first-order valence-electron chi connectivity index (χ1n) is 13.2. The zero-order valence-electron chi connectivity index (χ0n) is 22.3. The van der Waals surface area contributed by atoms with E-state index in [2.05, 4.69) is 30.9 Å². The lowest BCUT2D eigenvalue weighted by Gasteiger charge is -2.25. The predicted octanol–water partition coefficient (Wildman–Crippen LogP) is 4.78. The van der Waals surface area contributed by atoms with Crippen LogP contribution in [0.3, 0.4) is 0 Å². The largest absolute Gasteiger partial charge is 0.463 e. The highest BCUT2D eigenvalue weighted by Gasteiger charge is 2.35. The predicted molar refractivity (Wildman–Crippen MR) is 158 cm³/mol. The van der Waals surface area contributed by atoms with Crippen LogP contribution in [0.25, 0.3) is 11.8 Å². The molecule has 0 spiro atoms. The minimum absolute atomic E-state index is 0.186. The minimum Gasteiger partial charge on any atom is -0.463 e. The van der Waals surface area contributed by atoms with Gasteiger partial charge in [-0.15, -0.1) is 0 Å². The maximum absolute atomic E-state index is 13.9. The lowest BCUT2D eigenvalue weighted by molar-refractivity contribution is -0.138. The fourth-order valence-corrected chi connectivity index (χ4v) is 5.91. The number of aromatic nitrogens is 1. The van der Waals surface area contributed by atoms with E-state index in [-0.39, 0.29) is 12.2 Å². The van der Waals surface area contributed by atoms with Crippen LogP contribution in [0.1, 0.15) is 43.5 Å². The molecule has 1 atom stereocenters. The van der Waals surface area contributed by atoms with Crippen LogP contribution in [0.5, 0.6) is 0 Å². The summed E-state index contributed by atoms with van der Waals surface area (Å²) in [7, 11) is 0. The summed E-state index contributed by atoms with van der Waals surface area (Å²) in [6.07, 6.45) is 1.90. The van der Waals surface area contributed by atoms with Gasteiger partial charge in [-0.2, -0.15) is 0 Å². The molecule has 39 heavy (non-hydrogen) atoms. The summed E-state index contributed by atoms with van der Waals surface area (Å²) < 4.78 is 7.70. The van der Waals surface area contributed by atoms with Crippen molar-refractivity contribution in [1.82, 2.24) is 4.57 Å². The summed E-state index contributed by atoms with van der Waals surface area (Å²) in [6, 6.07) is 26.7. The van der Waals surface area contributed by atoms with Crippen molar-refractivity contribution in [3.05, 3.63) is 127 Å². The first-order valence-corrected chi connectivity index (χ1v) is 14.1. The average molecular weight is 538 g/mol. The van der Waals surface area contributed by atoms with Gasteiger partial charge in [-0.05, 0) is 50.1 Å². The van der Waals surface area contributed by atoms with Crippen molar-refractivity contribution in [1.29, 1.82) is 0 Å². The normalized spacial score (nSPS) is 15.1. The number of rotatable bonds is 8. The Balaban J connectivity index is 1.72. The second-order valence-corrected chi connectivity index (χ2v) is 10.1. The van der Waals surface area contributed by atoms with Gasteiger partial charge < -0.3 is 9.64 Å². The SMILES string of the molecule is CCOC(=O)C1=C(c2ccccc2)N=c2s/c(=C\c3ccc(N(CC)CC)cc3)c(=O)n2[C@@H]1c1ccccc1. The number of esters is 1. The van der Waals surface area contributed by atoms with Crippen molar-refractivity contribution in [2.24, 2.45) is 4.99 Å². The Morgan fingerprint density at radius 2 is 1.59 bits per heavy atom. The molecule has 0 aliphatic carbocycles. The lowest BCUT2D eigenvalue weighted by Crippen LogP contribution is -2.39. The molecule has 3 aromatic carbocycles. The molecule has 6 nitrogen and oxygen atoms in total. The Bertz CT molecular complexity index is 1670. The summed E-state index contributed by atoms with van der Waals surface area (Å²) in [5, 5.41) is 0. The molecule has 4 aromatic rings. The molecule has 0 saturated heterocycles. The van der Waals surface area contributed by atoms with Crippen LogP contribution in [0.15, 0.2) is 100 Å². The monoisotopic (exact) mass is 537 g/mol. The molecular formula is C32H31N3O3S. The number of fused-ring (bicyclic) bond motifs is 1. The summed E-state index contributed by atoms with van der Waals surface area (Å²) in [4.78, 5) is 35.1. The second-order valence-electron chi connectivity index (χ2n) is 9.11. The van der Waals surface area contributed by atoms with Crippen molar-refractivity contribution >= 4 is 34.8 Å². The van der Waals surface area contributed by atoms with Gasteiger partial charge in [0.1, 0.15) is 0 Å². The highest BCUT2D eigenvalue weighted by molar-refractivity contribution is 7.07. The summed E-state index contributed by atoms with van der Waals surface area (Å²) in [5.74, 6) is -0.477. The molecule has 1 aliphatic heterocycles. The van der Waals surface area contributed by atoms with E-state index in [1.54, 1.807) is 11.5 Å². The Hall–Kier alpha value is -4.23. The molecule has 5 rings (SSSR count). The van der Waals surface area contributed by atoms with Crippen LogP contribution >= 0.6 is 11.3 Å². The van der Waals surface area contributed by atoms with Crippen molar-refractivity contribution < 1.29 is 9.53 Å². The van der Waals surface area contributed by atoms with Gasteiger partial charge in [-0.25, -0.2) is 9.79 Å². The van der Waals surface area contributed by atoms with E-state index in [0.717, 1.165) is 35.5 Å². The quantitative estimate of drug-likeness (QED) is 0.304. The number of anilines is 1. The zero-order chi connectivity index (χ0) is 27.4. The fourth-order valence-electron chi connectivity index (χ4n) is 4.91. The molecule has 0 amide bonds. The van der Waals surface area contributed by atoms with E-state index in [0.29, 0.717) is 20.6 Å². The Morgan fingerprint density at radius 3 is 2.21 bits per heavy atom. The number of carbonyl (C=O) groups excluding carboxylic acids is 1. The Kier molecular flexibility index (Phi) is 7.89. The van der Waals surface area contributed by atoms with Gasteiger partial charge in [0.2, 0.25) is 0 Å². The molecule has 0 fully saturated rings. The average Bonchev–Trinajstić information content (AvgIpc) is 3.29. The molecule has 0 N–H and O–H groups in total. The zero-order valence-corrected chi connectivity index (χ0v) is 23.2. The molecule has 0 bridgehead atoms. The first kappa shape index (κ1) is 26.4. The molecule has 2 heterocycles. The number of hydrogen-bond donors (Lipinski definition) is 0. The second kappa shape index (κ2) is 11.7. The third-order valence-corrected chi connectivity index (χ3v) is 7.79. The highest BCUT2D eigenvalue weighted by atomic mass is 32.1. The van der Waals surface area contributed by atoms with Crippen molar-refractivity contribution in [2.45, 2.75) is 26.8 Å². The third kappa shape index (κ3) is 5.22. The van der Waals surface area contributed by atoms with E-state index >= 15 is 0 Å². The molecular weight excluding hydrogens is 506 g/mol. The number of benzene rings is 3. The summed E-state index contributed by atoms with van der Waals surface area (Å²) in [5.41, 5.74) is 4.39. The van der Waals surface area contributed by atoms with Gasteiger partial charge in [0.25, 0.3) is 5.56 Å². The lowest BCUT2D eigenvalue weighted by atomic mass is 9.93. The summed E-state index contributed by atoms with van der Waals surface area (Å²) >= 11 is 1.33. The first-order chi connectivity index (χ1) is 19.0. The topological polar surface area (TPSA) is 63.9 Å². The Morgan fingerprint density at radius 1 is 0.949 bits per heavy atom. The standard InChI is InChI=1S/C32H31N3O3S/c1-4-34(5-2)25-19-17-22(18-20-25)21-26-30(36)35-29(24-15-11-8-12-16-24)27(31(37)38-6-3)28(33-32(35)39-26)23-13-9-7-10-14-23/h7-21,29H,4-6H2,1-3H3/b26-21-/t29-/m1/s1. The molecule has 7 heteroatoms. The van der Waals surface area contributed by atoms with Gasteiger partial charge in [-0.1, -0.05) is 84.1 Å². The van der Waals surface area contributed by atoms with Crippen LogP contribution in [-0.4, -0.2) is 30.2 Å². The van der Waals surface area contributed by atoms with Gasteiger partial charge in [-0.3, -0.25) is 9.36 Å². The van der Waals surface area contributed by atoms with Crippen LogP contribution in [0, 0.1) is 0 Å². The number of carbonyl (C=O) groups is 1. The summed E-state index contributed by atoms with van der Waals surface area (Å²) in [6.45, 7) is 8.13. The third-order valence-electron chi connectivity index (χ3n) is 6.81. The van der Waals surface area contributed by atoms with Crippen molar-refractivity contribution in [2.75, 3.05) is 24.6 Å². The van der Waals surface area contributed by atoms with E-state index in [1.807, 2.05) is 78.9 Å². The number of ether oxygens (including phenoxy) is 1. The van der Waals surface area contributed by atoms with E-state index in [4.69, 9.17) is 9.73 Å². The number of hydrogen-bond acceptors (Lipinski definition) is 6.